The molecule has 0 aliphatic carbocycles. The van der Waals surface area contributed by atoms with Crippen LogP contribution in [-0.4, -0.2) is 31.6 Å². The Bertz CT molecular complexity index is 707. The Kier molecular flexibility index (Phi) is 6.62. The monoisotopic (exact) mass is 392 g/mol. The molecule has 0 atom stereocenters. The number of nitrogens with two attached hydrogens (primary N) is 1. The van der Waals surface area contributed by atoms with E-state index < -0.39 is 11.9 Å². The molecule has 0 unspecified atom stereocenters. The molecule has 0 saturated heterocycles. The lowest BCUT2D eigenvalue weighted by molar-refractivity contribution is -0.124. The number of hydrogen-bond donors (Lipinski definition) is 2. The van der Waals surface area contributed by atoms with Gasteiger partial charge in [0.1, 0.15) is 12.4 Å². The molecular formula is C17H17BrN2O4. The van der Waals surface area contributed by atoms with Crippen LogP contribution in [0.3, 0.4) is 0 Å². The van der Waals surface area contributed by atoms with Gasteiger partial charge in [-0.2, -0.15) is 0 Å². The number of nitrogens with one attached hydrogen (secondary N) is 1. The van der Waals surface area contributed by atoms with Gasteiger partial charge in [0.15, 0.2) is 6.61 Å². The predicted molar refractivity (Wildman–Crippen MR) is 93.8 cm³/mol. The molecule has 2 rings (SSSR count). The number of carbonyl (C=O) groups is 2. The van der Waals surface area contributed by atoms with Crippen molar-refractivity contribution in [2.75, 3.05) is 25.5 Å². The highest BCUT2D eigenvalue weighted by Crippen LogP contribution is 2.19. The number of nitrogen functional groups attached to an aromatic ring is 1. The zero-order chi connectivity index (χ0) is 17.4. The Morgan fingerprint density at radius 3 is 2.62 bits per heavy atom. The maximum absolute atomic E-state index is 11.9. The molecule has 24 heavy (non-hydrogen) atoms. The van der Waals surface area contributed by atoms with Crippen molar-refractivity contribution in [1.29, 1.82) is 0 Å². The third-order valence-corrected chi connectivity index (χ3v) is 3.50. The van der Waals surface area contributed by atoms with Gasteiger partial charge in [-0.1, -0.05) is 34.1 Å². The fourth-order valence-corrected chi connectivity index (χ4v) is 2.20. The Morgan fingerprint density at radius 1 is 1.12 bits per heavy atom. The highest BCUT2D eigenvalue weighted by Gasteiger charge is 2.13. The third kappa shape index (κ3) is 5.58. The quantitative estimate of drug-likeness (QED) is 0.428. The lowest BCUT2D eigenvalue weighted by Crippen LogP contribution is -2.32. The van der Waals surface area contributed by atoms with Crippen LogP contribution in [0.25, 0.3) is 0 Å². The van der Waals surface area contributed by atoms with E-state index in [0.717, 1.165) is 5.75 Å². The summed E-state index contributed by atoms with van der Waals surface area (Å²) in [6.07, 6.45) is 0. The molecule has 1 amide bonds. The van der Waals surface area contributed by atoms with Gasteiger partial charge in [0.25, 0.3) is 5.91 Å². The number of anilines is 1. The second-order valence-corrected chi connectivity index (χ2v) is 5.73. The Morgan fingerprint density at radius 2 is 1.88 bits per heavy atom. The predicted octanol–water partition coefficient (Wildman–Crippen LogP) is 2.38. The zero-order valence-corrected chi connectivity index (χ0v) is 14.4. The first kappa shape index (κ1) is 17.8. The van der Waals surface area contributed by atoms with Crippen LogP contribution in [0.4, 0.5) is 5.69 Å². The van der Waals surface area contributed by atoms with Crippen LogP contribution in [0, 0.1) is 0 Å². The van der Waals surface area contributed by atoms with E-state index in [1.165, 1.54) is 0 Å². The summed E-state index contributed by atoms with van der Waals surface area (Å²) in [6, 6.07) is 14.1. The summed E-state index contributed by atoms with van der Waals surface area (Å²) < 4.78 is 11.1. The fraction of sp³-hybridized carbons (Fsp3) is 0.176. The number of rotatable bonds is 7. The number of esters is 1. The summed E-state index contributed by atoms with van der Waals surface area (Å²) in [7, 11) is 0. The Labute approximate surface area is 148 Å². The molecule has 6 nitrogen and oxygen atoms in total. The van der Waals surface area contributed by atoms with E-state index in [0.29, 0.717) is 23.3 Å². The van der Waals surface area contributed by atoms with Gasteiger partial charge < -0.3 is 20.5 Å². The van der Waals surface area contributed by atoms with Gasteiger partial charge in [-0.25, -0.2) is 4.79 Å². The molecule has 0 heterocycles. The normalized spacial score (nSPS) is 10.0. The van der Waals surface area contributed by atoms with E-state index in [1.807, 2.05) is 30.3 Å². The van der Waals surface area contributed by atoms with Crippen molar-refractivity contribution in [2.45, 2.75) is 0 Å². The number of hydrogen-bond acceptors (Lipinski definition) is 5. The second-order valence-electron chi connectivity index (χ2n) is 4.82. The fourth-order valence-electron chi connectivity index (χ4n) is 1.84. The summed E-state index contributed by atoms with van der Waals surface area (Å²) in [5.41, 5.74) is 6.22. The van der Waals surface area contributed by atoms with Crippen molar-refractivity contribution in [3.8, 4) is 5.75 Å². The molecule has 0 fully saturated rings. The summed E-state index contributed by atoms with van der Waals surface area (Å²) >= 11 is 3.25. The number of amides is 1. The van der Waals surface area contributed by atoms with Crippen LogP contribution in [0.5, 0.6) is 5.75 Å². The molecule has 0 spiro atoms. The lowest BCUT2D eigenvalue weighted by Gasteiger charge is -2.09. The average Bonchev–Trinajstić information content (AvgIpc) is 2.59. The van der Waals surface area contributed by atoms with Crippen LogP contribution >= 0.6 is 15.9 Å². The van der Waals surface area contributed by atoms with E-state index in [-0.39, 0.29) is 12.2 Å². The zero-order valence-electron chi connectivity index (χ0n) is 12.8. The molecule has 7 heteroatoms. The number of ether oxygens (including phenoxy) is 2. The Balaban J connectivity index is 1.69. The van der Waals surface area contributed by atoms with Crippen LogP contribution < -0.4 is 15.8 Å². The second kappa shape index (κ2) is 8.93. The Hall–Kier alpha value is -2.54. The van der Waals surface area contributed by atoms with Crippen molar-refractivity contribution < 1.29 is 19.1 Å². The maximum Gasteiger partial charge on any atom is 0.340 e. The highest BCUT2D eigenvalue weighted by atomic mass is 79.9. The minimum atomic E-state index is -0.649. The van der Waals surface area contributed by atoms with E-state index >= 15 is 0 Å². The summed E-state index contributed by atoms with van der Waals surface area (Å²) in [5.74, 6) is -0.332. The van der Waals surface area contributed by atoms with Crippen molar-refractivity contribution >= 4 is 33.5 Å². The standard InChI is InChI=1S/C17H17BrN2O4/c18-12-6-7-15(19)14(10-12)17(22)24-11-16(21)20-8-9-23-13-4-2-1-3-5-13/h1-7,10H,8-9,11,19H2,(H,20,21). The molecule has 0 aromatic heterocycles. The molecule has 0 radical (unpaired) electrons. The lowest BCUT2D eigenvalue weighted by atomic mass is 10.2. The van der Waals surface area contributed by atoms with Gasteiger partial charge in [-0.15, -0.1) is 0 Å². The van der Waals surface area contributed by atoms with E-state index in [4.69, 9.17) is 15.2 Å². The van der Waals surface area contributed by atoms with E-state index in [9.17, 15) is 9.59 Å². The molecule has 0 aliphatic heterocycles. The molecule has 2 aromatic rings. The summed E-state index contributed by atoms with van der Waals surface area (Å²) in [4.78, 5) is 23.6. The van der Waals surface area contributed by atoms with Crippen LogP contribution in [0.1, 0.15) is 10.4 Å². The number of halogens is 1. The van der Waals surface area contributed by atoms with Crippen molar-refractivity contribution in [3.63, 3.8) is 0 Å². The smallest absolute Gasteiger partial charge is 0.340 e. The molecule has 0 saturated carbocycles. The van der Waals surface area contributed by atoms with E-state index in [1.54, 1.807) is 18.2 Å². The first-order valence-corrected chi connectivity index (χ1v) is 8.02. The summed E-state index contributed by atoms with van der Waals surface area (Å²) in [6.45, 7) is 0.253. The first-order chi connectivity index (χ1) is 11.6. The molecule has 126 valence electrons. The van der Waals surface area contributed by atoms with Gasteiger partial charge in [-0.05, 0) is 30.3 Å². The highest BCUT2D eigenvalue weighted by molar-refractivity contribution is 9.10. The van der Waals surface area contributed by atoms with Crippen LogP contribution in [0.15, 0.2) is 53.0 Å². The van der Waals surface area contributed by atoms with Crippen molar-refractivity contribution in [2.24, 2.45) is 0 Å². The molecule has 3 N–H and O–H groups in total. The number of carbonyl (C=O) groups excluding carboxylic acids is 2. The SMILES string of the molecule is Nc1ccc(Br)cc1C(=O)OCC(=O)NCCOc1ccccc1. The largest absolute Gasteiger partial charge is 0.492 e. The van der Waals surface area contributed by atoms with Crippen molar-refractivity contribution in [1.82, 2.24) is 5.32 Å². The van der Waals surface area contributed by atoms with Gasteiger partial charge in [0.2, 0.25) is 0 Å². The average molecular weight is 393 g/mol. The number of para-hydroxylation sites is 1. The third-order valence-electron chi connectivity index (χ3n) is 3.01. The maximum atomic E-state index is 11.9. The van der Waals surface area contributed by atoms with Gasteiger partial charge in [0.05, 0.1) is 12.1 Å². The number of benzene rings is 2. The molecule has 0 aliphatic rings. The molecular weight excluding hydrogens is 376 g/mol. The van der Waals surface area contributed by atoms with Crippen molar-refractivity contribution in [3.05, 3.63) is 58.6 Å². The van der Waals surface area contributed by atoms with Gasteiger partial charge in [-0.3, -0.25) is 4.79 Å². The first-order valence-electron chi connectivity index (χ1n) is 7.23. The molecule has 2 aromatic carbocycles. The minimum Gasteiger partial charge on any atom is -0.492 e. The van der Waals surface area contributed by atoms with Gasteiger partial charge in [0, 0.05) is 10.2 Å². The van der Waals surface area contributed by atoms with Crippen LogP contribution in [0.2, 0.25) is 0 Å². The molecule has 0 bridgehead atoms. The van der Waals surface area contributed by atoms with Crippen LogP contribution in [-0.2, 0) is 9.53 Å². The minimum absolute atomic E-state index is 0.213. The van der Waals surface area contributed by atoms with E-state index in [2.05, 4.69) is 21.2 Å². The summed E-state index contributed by atoms with van der Waals surface area (Å²) in [5, 5.41) is 2.60. The topological polar surface area (TPSA) is 90.7 Å². The van der Waals surface area contributed by atoms with Gasteiger partial charge >= 0.3 is 5.97 Å².